The third-order valence-corrected chi connectivity index (χ3v) is 5.40. The number of hydrogen-bond acceptors (Lipinski definition) is 6. The second-order valence-corrected chi connectivity index (χ2v) is 7.72. The third kappa shape index (κ3) is 3.61. The molecule has 1 fully saturated rings. The molecular formula is C20H19F3N8O. The van der Waals surface area contributed by atoms with Crippen LogP contribution >= 0.6 is 0 Å². The molecule has 3 aromatic heterocycles. The predicted molar refractivity (Wildman–Crippen MR) is 110 cm³/mol. The summed E-state index contributed by atoms with van der Waals surface area (Å²) in [5.74, 6) is 0.368. The number of carbonyl (C=O) groups is 1. The lowest BCUT2D eigenvalue weighted by Crippen LogP contribution is -2.38. The van der Waals surface area contributed by atoms with Gasteiger partial charge in [-0.05, 0) is 37.5 Å². The highest BCUT2D eigenvalue weighted by atomic mass is 19.4. The summed E-state index contributed by atoms with van der Waals surface area (Å²) in [6.45, 7) is 0.603. The van der Waals surface area contributed by atoms with Gasteiger partial charge in [0.05, 0.1) is 22.8 Å². The van der Waals surface area contributed by atoms with E-state index in [0.717, 1.165) is 25.0 Å². The lowest BCUT2D eigenvalue weighted by molar-refractivity contribution is -0.137. The number of aryl methyl sites for hydroxylation is 1. The largest absolute Gasteiger partial charge is 0.416 e. The number of carbonyl (C=O) groups excluding carboxylic acids is 1. The Kier molecular flexibility index (Phi) is 4.72. The highest BCUT2D eigenvalue weighted by Crippen LogP contribution is 2.33. The molecular weight excluding hydrogens is 425 g/mol. The summed E-state index contributed by atoms with van der Waals surface area (Å²) >= 11 is 0. The number of aromatic nitrogens is 6. The van der Waals surface area contributed by atoms with E-state index in [1.807, 2.05) is 0 Å². The molecule has 166 valence electrons. The molecule has 4 aromatic rings. The molecule has 0 spiro atoms. The standard InChI is InChI=1S/C20H19F3N8O/c1-30-10-11(9-25-30)16-28-17-13-8-12(20(21,22)23)5-6-14(13)26-19(31(17)29-16)27-15-4-2-3-7-24-18(15)32/h5-6,8-10,15H,2-4,7H2,1H3,(H,24,32)(H,26,27)/t15-/m1/s1. The van der Waals surface area contributed by atoms with Crippen LogP contribution < -0.4 is 10.6 Å². The van der Waals surface area contributed by atoms with Crippen LogP contribution in [0.2, 0.25) is 0 Å². The van der Waals surface area contributed by atoms with Crippen LogP contribution in [0.5, 0.6) is 0 Å². The average Bonchev–Trinajstić information content (AvgIpc) is 3.33. The molecule has 1 aliphatic heterocycles. The molecule has 9 nitrogen and oxygen atoms in total. The van der Waals surface area contributed by atoms with Gasteiger partial charge in [-0.2, -0.15) is 22.8 Å². The first-order valence-electron chi connectivity index (χ1n) is 10.1. The van der Waals surface area contributed by atoms with E-state index < -0.39 is 17.8 Å². The molecule has 1 aromatic carbocycles. The zero-order valence-electron chi connectivity index (χ0n) is 17.0. The Morgan fingerprint density at radius 1 is 1.22 bits per heavy atom. The van der Waals surface area contributed by atoms with Crippen LogP contribution in [-0.2, 0) is 18.0 Å². The summed E-state index contributed by atoms with van der Waals surface area (Å²) in [7, 11) is 1.74. The van der Waals surface area contributed by atoms with Gasteiger partial charge in [-0.15, -0.1) is 5.10 Å². The van der Waals surface area contributed by atoms with Gasteiger partial charge < -0.3 is 10.6 Å². The fourth-order valence-corrected chi connectivity index (χ4v) is 3.77. The van der Waals surface area contributed by atoms with Crippen molar-refractivity contribution in [3.8, 4) is 11.4 Å². The molecule has 1 atom stereocenters. The fourth-order valence-electron chi connectivity index (χ4n) is 3.77. The number of rotatable bonds is 3. The van der Waals surface area contributed by atoms with E-state index in [1.165, 1.54) is 10.6 Å². The quantitative estimate of drug-likeness (QED) is 0.504. The van der Waals surface area contributed by atoms with E-state index in [1.54, 1.807) is 24.1 Å². The number of anilines is 1. The van der Waals surface area contributed by atoms with Gasteiger partial charge >= 0.3 is 6.18 Å². The van der Waals surface area contributed by atoms with Crippen molar-refractivity contribution in [2.24, 2.45) is 7.05 Å². The van der Waals surface area contributed by atoms with Crippen molar-refractivity contribution in [2.75, 3.05) is 11.9 Å². The highest BCUT2D eigenvalue weighted by molar-refractivity contribution is 5.94. The molecule has 0 radical (unpaired) electrons. The number of halogens is 3. The number of fused-ring (bicyclic) bond motifs is 3. The monoisotopic (exact) mass is 444 g/mol. The minimum Gasteiger partial charge on any atom is -0.354 e. The topological polar surface area (TPSA) is 102 Å². The van der Waals surface area contributed by atoms with Gasteiger partial charge in [-0.25, -0.2) is 9.97 Å². The Balaban J connectivity index is 1.69. The molecule has 5 rings (SSSR count). The highest BCUT2D eigenvalue weighted by Gasteiger charge is 2.31. The number of hydrogen-bond donors (Lipinski definition) is 2. The van der Waals surface area contributed by atoms with Gasteiger partial charge in [0, 0.05) is 25.2 Å². The molecule has 2 N–H and O–H groups in total. The molecule has 0 bridgehead atoms. The third-order valence-electron chi connectivity index (χ3n) is 5.40. The summed E-state index contributed by atoms with van der Waals surface area (Å²) in [5, 5.41) is 14.7. The van der Waals surface area contributed by atoms with Crippen molar-refractivity contribution in [1.82, 2.24) is 34.7 Å². The summed E-state index contributed by atoms with van der Waals surface area (Å²) < 4.78 is 42.9. The van der Waals surface area contributed by atoms with Crippen LogP contribution in [0.1, 0.15) is 24.8 Å². The second-order valence-electron chi connectivity index (χ2n) is 7.72. The van der Waals surface area contributed by atoms with Crippen LogP contribution in [0.25, 0.3) is 27.9 Å². The maximum atomic E-state index is 13.3. The molecule has 1 aliphatic rings. The van der Waals surface area contributed by atoms with Crippen molar-refractivity contribution < 1.29 is 18.0 Å². The van der Waals surface area contributed by atoms with Crippen molar-refractivity contribution in [3.05, 3.63) is 36.2 Å². The van der Waals surface area contributed by atoms with Crippen LogP contribution in [0.15, 0.2) is 30.6 Å². The van der Waals surface area contributed by atoms with E-state index in [9.17, 15) is 18.0 Å². The van der Waals surface area contributed by atoms with Crippen molar-refractivity contribution in [2.45, 2.75) is 31.5 Å². The van der Waals surface area contributed by atoms with Gasteiger partial charge in [-0.3, -0.25) is 9.48 Å². The number of nitrogens with one attached hydrogen (secondary N) is 2. The molecule has 12 heteroatoms. The Labute approximate surface area is 179 Å². The second kappa shape index (κ2) is 7.46. The molecule has 32 heavy (non-hydrogen) atoms. The summed E-state index contributed by atoms with van der Waals surface area (Å²) in [5.41, 5.74) is 0.321. The van der Waals surface area contributed by atoms with Gasteiger partial charge in [0.2, 0.25) is 11.9 Å². The van der Waals surface area contributed by atoms with E-state index >= 15 is 0 Å². The van der Waals surface area contributed by atoms with E-state index in [2.05, 4.69) is 30.8 Å². The SMILES string of the molecule is Cn1cc(-c2nc3c4cc(C(F)(F)F)ccc4nc(N[C@@H]4CCCCNC4=O)n3n2)cn1. The Morgan fingerprint density at radius 2 is 2.06 bits per heavy atom. The first kappa shape index (κ1) is 20.2. The van der Waals surface area contributed by atoms with Crippen LogP contribution in [-0.4, -0.2) is 47.9 Å². The Bertz CT molecular complexity index is 1330. The summed E-state index contributed by atoms with van der Waals surface area (Å²) in [6, 6.07) is 2.76. The molecule has 1 amide bonds. The smallest absolute Gasteiger partial charge is 0.354 e. The zero-order chi connectivity index (χ0) is 22.5. The first-order valence-corrected chi connectivity index (χ1v) is 10.1. The fraction of sp³-hybridized carbons (Fsp3) is 0.350. The molecule has 4 heterocycles. The number of benzene rings is 1. The van der Waals surface area contributed by atoms with Crippen LogP contribution in [0.4, 0.5) is 19.1 Å². The lowest BCUT2D eigenvalue weighted by Gasteiger charge is -2.17. The van der Waals surface area contributed by atoms with Gasteiger partial charge in [0.1, 0.15) is 6.04 Å². The molecule has 0 aliphatic carbocycles. The Hall–Kier alpha value is -3.70. The van der Waals surface area contributed by atoms with E-state index in [0.29, 0.717) is 24.0 Å². The molecule has 0 unspecified atom stereocenters. The zero-order valence-corrected chi connectivity index (χ0v) is 17.0. The molecule has 0 saturated carbocycles. The normalized spacial score (nSPS) is 17.5. The van der Waals surface area contributed by atoms with Crippen LogP contribution in [0.3, 0.4) is 0 Å². The van der Waals surface area contributed by atoms with Gasteiger partial charge in [-0.1, -0.05) is 0 Å². The number of alkyl halides is 3. The number of amides is 1. The predicted octanol–water partition coefficient (Wildman–Crippen LogP) is 2.78. The number of nitrogens with zero attached hydrogens (tertiary/aromatic N) is 6. The van der Waals surface area contributed by atoms with Crippen molar-refractivity contribution >= 4 is 28.4 Å². The minimum absolute atomic E-state index is 0.155. The van der Waals surface area contributed by atoms with Gasteiger partial charge in [0.25, 0.3) is 0 Å². The average molecular weight is 444 g/mol. The van der Waals surface area contributed by atoms with E-state index in [-0.39, 0.29) is 28.7 Å². The van der Waals surface area contributed by atoms with Crippen molar-refractivity contribution in [3.63, 3.8) is 0 Å². The maximum Gasteiger partial charge on any atom is 0.416 e. The lowest BCUT2D eigenvalue weighted by atomic mass is 10.1. The van der Waals surface area contributed by atoms with Crippen LogP contribution in [0, 0.1) is 0 Å². The minimum atomic E-state index is -4.51. The first-order chi connectivity index (χ1) is 15.3. The van der Waals surface area contributed by atoms with Crippen molar-refractivity contribution in [1.29, 1.82) is 0 Å². The maximum absolute atomic E-state index is 13.3. The summed E-state index contributed by atoms with van der Waals surface area (Å²) in [4.78, 5) is 21.4. The Morgan fingerprint density at radius 3 is 2.81 bits per heavy atom. The van der Waals surface area contributed by atoms with Gasteiger partial charge in [0.15, 0.2) is 11.5 Å². The van der Waals surface area contributed by atoms with E-state index in [4.69, 9.17) is 0 Å². The summed E-state index contributed by atoms with van der Waals surface area (Å²) in [6.07, 6.45) is 1.09. The molecule has 1 saturated heterocycles.